The predicted molar refractivity (Wildman–Crippen MR) is 79.4 cm³/mol. The molecular weight excluding hydrogens is 250 g/mol. The predicted octanol–water partition coefficient (Wildman–Crippen LogP) is 3.17. The quantitative estimate of drug-likeness (QED) is 0.738. The van der Waals surface area contributed by atoms with E-state index in [-0.39, 0.29) is 0 Å². The molecule has 0 fully saturated rings. The van der Waals surface area contributed by atoms with E-state index >= 15 is 0 Å². The molecule has 3 aromatic rings. The Bertz CT molecular complexity index is 784. The van der Waals surface area contributed by atoms with E-state index in [1.54, 1.807) is 12.4 Å². The van der Waals surface area contributed by atoms with Crippen LogP contribution in [0, 0.1) is 6.92 Å². The third kappa shape index (κ3) is 2.23. The summed E-state index contributed by atoms with van der Waals surface area (Å²) in [6, 6.07) is 10.0. The van der Waals surface area contributed by atoms with Crippen LogP contribution in [0.25, 0.3) is 21.9 Å². The number of benzene rings is 1. The van der Waals surface area contributed by atoms with Gasteiger partial charge >= 0.3 is 0 Å². The summed E-state index contributed by atoms with van der Waals surface area (Å²) in [7, 11) is 0. The first-order valence-corrected chi connectivity index (χ1v) is 6.29. The Hall–Kier alpha value is -2.75. The second-order valence-electron chi connectivity index (χ2n) is 4.58. The van der Waals surface area contributed by atoms with Crippen molar-refractivity contribution in [1.29, 1.82) is 0 Å². The van der Waals surface area contributed by atoms with Crippen LogP contribution < -0.4 is 5.32 Å². The number of carbonyl (C=O) groups is 1. The molecule has 0 radical (unpaired) electrons. The summed E-state index contributed by atoms with van der Waals surface area (Å²) in [6.07, 6.45) is 6.04. The van der Waals surface area contributed by atoms with Gasteiger partial charge in [0.1, 0.15) is 5.82 Å². The van der Waals surface area contributed by atoms with Crippen LogP contribution in [0.4, 0.5) is 5.82 Å². The Kier molecular flexibility index (Phi) is 3.13. The Morgan fingerprint density at radius 2 is 2.00 bits per heavy atom. The van der Waals surface area contributed by atoms with Crippen LogP contribution in [0.1, 0.15) is 5.56 Å². The topological polar surface area (TPSA) is 54.9 Å². The first-order valence-electron chi connectivity index (χ1n) is 6.29. The van der Waals surface area contributed by atoms with Gasteiger partial charge in [0.2, 0.25) is 6.41 Å². The van der Waals surface area contributed by atoms with Crippen molar-refractivity contribution in [3.63, 3.8) is 0 Å². The molecule has 1 aromatic carbocycles. The standard InChI is InChI=1S/C16H13N3O/c1-11-4-5-17-9-15(11)13-3-2-12-7-16(19-10-20)18-8-14(12)6-13/h2-10H,1H3,(H,18,19,20). The van der Waals surface area contributed by atoms with Crippen molar-refractivity contribution < 1.29 is 4.79 Å². The SMILES string of the molecule is Cc1ccncc1-c1ccc2cc(NC=O)ncc2c1. The molecule has 1 N–H and O–H groups in total. The van der Waals surface area contributed by atoms with E-state index in [9.17, 15) is 4.79 Å². The molecule has 0 spiro atoms. The van der Waals surface area contributed by atoms with Gasteiger partial charge in [-0.15, -0.1) is 0 Å². The number of anilines is 1. The second-order valence-corrected chi connectivity index (χ2v) is 4.58. The zero-order valence-electron chi connectivity index (χ0n) is 11.0. The normalized spacial score (nSPS) is 10.4. The molecule has 0 atom stereocenters. The van der Waals surface area contributed by atoms with Gasteiger partial charge in [-0.05, 0) is 41.6 Å². The Morgan fingerprint density at radius 3 is 2.80 bits per heavy atom. The van der Waals surface area contributed by atoms with Gasteiger partial charge in [-0.25, -0.2) is 4.98 Å². The van der Waals surface area contributed by atoms with E-state index in [0.717, 1.165) is 21.9 Å². The van der Waals surface area contributed by atoms with Gasteiger partial charge < -0.3 is 5.32 Å². The van der Waals surface area contributed by atoms with Crippen LogP contribution in [0.15, 0.2) is 48.9 Å². The third-order valence-corrected chi connectivity index (χ3v) is 3.28. The Balaban J connectivity index is 2.10. The van der Waals surface area contributed by atoms with Gasteiger partial charge in [-0.2, -0.15) is 0 Å². The number of nitrogens with zero attached hydrogens (tertiary/aromatic N) is 2. The molecule has 0 unspecified atom stereocenters. The van der Waals surface area contributed by atoms with E-state index in [1.165, 1.54) is 5.56 Å². The average molecular weight is 263 g/mol. The largest absolute Gasteiger partial charge is 0.313 e. The first-order chi connectivity index (χ1) is 9.78. The fraction of sp³-hybridized carbons (Fsp3) is 0.0625. The maximum absolute atomic E-state index is 10.4. The fourth-order valence-electron chi connectivity index (χ4n) is 2.21. The lowest BCUT2D eigenvalue weighted by Gasteiger charge is -2.07. The minimum atomic E-state index is 0.554. The summed E-state index contributed by atoms with van der Waals surface area (Å²) in [6.45, 7) is 2.07. The van der Waals surface area contributed by atoms with E-state index in [0.29, 0.717) is 12.2 Å². The highest BCUT2D eigenvalue weighted by Crippen LogP contribution is 2.26. The molecular formula is C16H13N3O. The lowest BCUT2D eigenvalue weighted by atomic mass is 10.0. The molecule has 0 bridgehead atoms. The van der Waals surface area contributed by atoms with Crippen molar-refractivity contribution in [2.75, 3.05) is 5.32 Å². The highest BCUT2D eigenvalue weighted by molar-refractivity contribution is 5.89. The summed E-state index contributed by atoms with van der Waals surface area (Å²) in [4.78, 5) is 18.8. The molecule has 0 aliphatic heterocycles. The monoisotopic (exact) mass is 263 g/mol. The van der Waals surface area contributed by atoms with Crippen molar-refractivity contribution in [2.45, 2.75) is 6.92 Å². The lowest BCUT2D eigenvalue weighted by molar-refractivity contribution is -0.105. The molecule has 4 heteroatoms. The molecule has 0 saturated carbocycles. The number of pyridine rings is 2. The number of aromatic nitrogens is 2. The minimum absolute atomic E-state index is 0.554. The smallest absolute Gasteiger partial charge is 0.212 e. The second kappa shape index (κ2) is 5.09. The number of fused-ring (bicyclic) bond motifs is 1. The number of hydrogen-bond acceptors (Lipinski definition) is 3. The molecule has 2 heterocycles. The summed E-state index contributed by atoms with van der Waals surface area (Å²) in [5.41, 5.74) is 3.41. The van der Waals surface area contributed by atoms with Crippen LogP contribution >= 0.6 is 0 Å². The van der Waals surface area contributed by atoms with Gasteiger partial charge in [0.05, 0.1) is 0 Å². The van der Waals surface area contributed by atoms with Crippen molar-refractivity contribution in [3.8, 4) is 11.1 Å². The third-order valence-electron chi connectivity index (χ3n) is 3.28. The molecule has 0 saturated heterocycles. The molecule has 0 aliphatic rings. The van der Waals surface area contributed by atoms with Crippen molar-refractivity contribution in [1.82, 2.24) is 9.97 Å². The van der Waals surface area contributed by atoms with E-state index in [2.05, 4.69) is 34.3 Å². The highest BCUT2D eigenvalue weighted by atomic mass is 16.1. The van der Waals surface area contributed by atoms with E-state index in [4.69, 9.17) is 0 Å². The number of amides is 1. The van der Waals surface area contributed by atoms with Gasteiger partial charge in [0, 0.05) is 29.5 Å². The van der Waals surface area contributed by atoms with Crippen molar-refractivity contribution >= 4 is 23.0 Å². The van der Waals surface area contributed by atoms with Gasteiger partial charge in [-0.1, -0.05) is 12.1 Å². The number of nitrogens with one attached hydrogen (secondary N) is 1. The van der Waals surface area contributed by atoms with Gasteiger partial charge in [0.25, 0.3) is 0 Å². The maximum atomic E-state index is 10.4. The zero-order valence-corrected chi connectivity index (χ0v) is 11.0. The molecule has 3 rings (SSSR count). The van der Waals surface area contributed by atoms with Crippen LogP contribution in [-0.2, 0) is 4.79 Å². The number of aryl methyl sites for hydroxylation is 1. The Labute approximate surface area is 116 Å². The Morgan fingerprint density at radius 1 is 1.10 bits per heavy atom. The number of hydrogen-bond donors (Lipinski definition) is 1. The van der Waals surface area contributed by atoms with E-state index in [1.807, 2.05) is 24.4 Å². The summed E-state index contributed by atoms with van der Waals surface area (Å²) < 4.78 is 0. The summed E-state index contributed by atoms with van der Waals surface area (Å²) >= 11 is 0. The van der Waals surface area contributed by atoms with Crippen LogP contribution in [0.3, 0.4) is 0 Å². The fourth-order valence-corrected chi connectivity index (χ4v) is 2.21. The maximum Gasteiger partial charge on any atom is 0.212 e. The molecule has 20 heavy (non-hydrogen) atoms. The van der Waals surface area contributed by atoms with E-state index < -0.39 is 0 Å². The molecule has 0 aliphatic carbocycles. The van der Waals surface area contributed by atoms with Gasteiger partial charge in [0.15, 0.2) is 0 Å². The molecule has 1 amide bonds. The average Bonchev–Trinajstić information content (AvgIpc) is 2.48. The van der Waals surface area contributed by atoms with Crippen molar-refractivity contribution in [3.05, 3.63) is 54.5 Å². The number of rotatable bonds is 3. The van der Waals surface area contributed by atoms with Gasteiger partial charge in [-0.3, -0.25) is 9.78 Å². The highest BCUT2D eigenvalue weighted by Gasteiger charge is 2.04. The minimum Gasteiger partial charge on any atom is -0.313 e. The number of carbonyl (C=O) groups excluding carboxylic acids is 1. The lowest BCUT2D eigenvalue weighted by Crippen LogP contribution is -1.96. The van der Waals surface area contributed by atoms with Crippen LogP contribution in [0.2, 0.25) is 0 Å². The van der Waals surface area contributed by atoms with Crippen LogP contribution in [-0.4, -0.2) is 16.4 Å². The zero-order chi connectivity index (χ0) is 13.9. The molecule has 98 valence electrons. The summed E-state index contributed by atoms with van der Waals surface area (Å²) in [5.74, 6) is 0.554. The summed E-state index contributed by atoms with van der Waals surface area (Å²) in [5, 5.41) is 4.62. The van der Waals surface area contributed by atoms with Crippen molar-refractivity contribution in [2.24, 2.45) is 0 Å². The molecule has 2 aromatic heterocycles. The molecule has 4 nitrogen and oxygen atoms in total. The first kappa shape index (κ1) is 12.3. The van der Waals surface area contributed by atoms with Crippen LogP contribution in [0.5, 0.6) is 0 Å².